The Labute approximate surface area is 104 Å². The second kappa shape index (κ2) is 6.24. The van der Waals surface area contributed by atoms with E-state index < -0.39 is 17.9 Å². The lowest BCUT2D eigenvalue weighted by Crippen LogP contribution is -2.44. The quantitative estimate of drug-likeness (QED) is 0.208. The molecule has 1 unspecified atom stereocenters. The Morgan fingerprint density at radius 2 is 2.17 bits per heavy atom. The van der Waals surface area contributed by atoms with Crippen molar-refractivity contribution in [3.05, 3.63) is 0 Å². The fourth-order valence-corrected chi connectivity index (χ4v) is 1.66. The fraction of sp³-hybridized carbons (Fsp3) is 0.900. The first-order chi connectivity index (χ1) is 8.36. The summed E-state index contributed by atoms with van der Waals surface area (Å²) in [5.41, 5.74) is 5.03. The van der Waals surface area contributed by atoms with Crippen molar-refractivity contribution in [3.8, 4) is 0 Å². The monoisotopic (exact) mass is 268 g/mol. The lowest BCUT2D eigenvalue weighted by atomic mass is 10.1. The molecule has 0 aromatic heterocycles. The highest BCUT2D eigenvalue weighted by Crippen LogP contribution is 2.26. The number of halogens is 3. The molecule has 1 fully saturated rings. The molecule has 8 heteroatoms. The highest BCUT2D eigenvalue weighted by molar-refractivity contribution is 5.83. The molecule has 0 amide bonds. The van der Waals surface area contributed by atoms with Gasteiger partial charge in [0.15, 0.2) is 5.84 Å². The Morgan fingerprint density at radius 3 is 2.61 bits per heavy atom. The molecule has 0 heterocycles. The molecule has 4 N–H and O–H groups in total. The average molecular weight is 268 g/mol. The third kappa shape index (κ3) is 4.69. The Kier molecular flexibility index (Phi) is 5.21. The molecule has 1 rings (SSSR count). The molecule has 1 aliphatic rings. The third-order valence-corrected chi connectivity index (χ3v) is 3.03. The van der Waals surface area contributed by atoms with E-state index in [1.54, 1.807) is 0 Å². The number of nitrogens with zero attached hydrogens (tertiary/aromatic N) is 2. The van der Waals surface area contributed by atoms with Crippen LogP contribution in [0.5, 0.6) is 0 Å². The van der Waals surface area contributed by atoms with Gasteiger partial charge in [-0.3, -0.25) is 0 Å². The van der Waals surface area contributed by atoms with Gasteiger partial charge in [0.05, 0.1) is 0 Å². The standard InChI is InChI=1S/C10H19F3N4O/c1-17(7-2-3-7)5-4-15-6-8(9(14)16-18)10(11,12)13/h7-8,15,18H,2-6H2,1H3,(H2,14,16). The van der Waals surface area contributed by atoms with Gasteiger partial charge in [0.25, 0.3) is 0 Å². The Hall–Kier alpha value is -1.02. The molecular formula is C10H19F3N4O. The van der Waals surface area contributed by atoms with Gasteiger partial charge in [-0.05, 0) is 19.9 Å². The van der Waals surface area contributed by atoms with Crippen LogP contribution in [0, 0.1) is 5.92 Å². The molecule has 106 valence electrons. The summed E-state index contributed by atoms with van der Waals surface area (Å²) in [5.74, 6) is -2.76. The van der Waals surface area contributed by atoms with E-state index in [0.29, 0.717) is 19.1 Å². The van der Waals surface area contributed by atoms with E-state index in [-0.39, 0.29) is 6.54 Å². The highest BCUT2D eigenvalue weighted by atomic mass is 19.4. The molecule has 1 atom stereocenters. The summed E-state index contributed by atoms with van der Waals surface area (Å²) < 4.78 is 37.7. The van der Waals surface area contributed by atoms with E-state index >= 15 is 0 Å². The summed E-state index contributed by atoms with van der Waals surface area (Å²) in [6.07, 6.45) is -2.19. The minimum atomic E-state index is -4.51. The van der Waals surface area contributed by atoms with Crippen LogP contribution >= 0.6 is 0 Å². The van der Waals surface area contributed by atoms with E-state index in [1.165, 1.54) is 0 Å². The lowest BCUT2D eigenvalue weighted by Gasteiger charge is -2.20. The smallest absolute Gasteiger partial charge is 0.400 e. The highest BCUT2D eigenvalue weighted by Gasteiger charge is 2.42. The molecule has 0 spiro atoms. The Morgan fingerprint density at radius 1 is 1.56 bits per heavy atom. The van der Waals surface area contributed by atoms with Gasteiger partial charge in [0.1, 0.15) is 5.92 Å². The van der Waals surface area contributed by atoms with Crippen LogP contribution in [-0.4, -0.2) is 54.8 Å². The summed E-state index contributed by atoms with van der Waals surface area (Å²) in [5, 5.41) is 13.4. The molecule has 18 heavy (non-hydrogen) atoms. The number of oxime groups is 1. The first kappa shape index (κ1) is 15.0. The summed E-state index contributed by atoms with van der Waals surface area (Å²) in [7, 11) is 1.95. The number of hydrogen-bond acceptors (Lipinski definition) is 4. The summed E-state index contributed by atoms with van der Waals surface area (Å²) in [6.45, 7) is 0.752. The number of amidine groups is 1. The van der Waals surface area contributed by atoms with Crippen LogP contribution in [0.25, 0.3) is 0 Å². The van der Waals surface area contributed by atoms with Crippen molar-refractivity contribution in [2.75, 3.05) is 26.7 Å². The van der Waals surface area contributed by atoms with Gasteiger partial charge >= 0.3 is 6.18 Å². The Bertz CT molecular complexity index is 291. The second-order valence-electron chi connectivity index (χ2n) is 4.53. The van der Waals surface area contributed by atoms with Crippen LogP contribution < -0.4 is 11.1 Å². The van der Waals surface area contributed by atoms with Crippen molar-refractivity contribution in [2.45, 2.75) is 25.1 Å². The lowest BCUT2D eigenvalue weighted by molar-refractivity contribution is -0.154. The molecule has 0 saturated heterocycles. The van der Waals surface area contributed by atoms with Crippen molar-refractivity contribution >= 4 is 5.84 Å². The van der Waals surface area contributed by atoms with Gasteiger partial charge in [-0.1, -0.05) is 5.16 Å². The number of likely N-dealkylation sites (N-methyl/N-ethyl adjacent to an activating group) is 1. The van der Waals surface area contributed by atoms with Crippen LogP contribution in [0.2, 0.25) is 0 Å². The fourth-order valence-electron chi connectivity index (χ4n) is 1.66. The first-order valence-corrected chi connectivity index (χ1v) is 5.81. The molecule has 1 aliphatic carbocycles. The minimum Gasteiger partial charge on any atom is -0.409 e. The molecule has 0 bridgehead atoms. The number of nitrogens with one attached hydrogen (secondary N) is 1. The van der Waals surface area contributed by atoms with Gasteiger partial charge in [-0.25, -0.2) is 0 Å². The van der Waals surface area contributed by atoms with Gasteiger partial charge in [0, 0.05) is 25.7 Å². The Balaban J connectivity index is 2.29. The average Bonchev–Trinajstić information content (AvgIpc) is 3.09. The van der Waals surface area contributed by atoms with Crippen LogP contribution in [0.15, 0.2) is 5.16 Å². The molecule has 5 nitrogen and oxygen atoms in total. The van der Waals surface area contributed by atoms with Crippen molar-refractivity contribution in [2.24, 2.45) is 16.8 Å². The molecule has 0 aliphatic heterocycles. The zero-order chi connectivity index (χ0) is 13.8. The molecule has 0 aromatic carbocycles. The van der Waals surface area contributed by atoms with E-state index in [0.717, 1.165) is 12.8 Å². The normalized spacial score (nSPS) is 19.3. The van der Waals surface area contributed by atoms with Crippen LogP contribution in [-0.2, 0) is 0 Å². The van der Waals surface area contributed by atoms with Gasteiger partial charge in [-0.2, -0.15) is 13.2 Å². The largest absolute Gasteiger partial charge is 0.409 e. The summed E-state index contributed by atoms with van der Waals surface area (Å²) in [4.78, 5) is 2.11. The van der Waals surface area contributed by atoms with Crippen molar-refractivity contribution < 1.29 is 18.4 Å². The van der Waals surface area contributed by atoms with Crippen LogP contribution in [0.1, 0.15) is 12.8 Å². The number of rotatable bonds is 7. The minimum absolute atomic E-state index is 0.377. The number of nitrogens with two attached hydrogens (primary N) is 1. The van der Waals surface area contributed by atoms with Gasteiger partial charge < -0.3 is 21.2 Å². The molecule has 0 aromatic rings. The molecule has 1 saturated carbocycles. The summed E-state index contributed by atoms with van der Waals surface area (Å²) >= 11 is 0. The zero-order valence-corrected chi connectivity index (χ0v) is 10.2. The maximum Gasteiger partial charge on any atom is 0.400 e. The van der Waals surface area contributed by atoms with E-state index in [9.17, 15) is 13.2 Å². The van der Waals surface area contributed by atoms with Crippen molar-refractivity contribution in [3.63, 3.8) is 0 Å². The number of hydrogen-bond donors (Lipinski definition) is 3. The van der Waals surface area contributed by atoms with Gasteiger partial charge in [-0.15, -0.1) is 0 Å². The van der Waals surface area contributed by atoms with E-state index in [1.807, 2.05) is 7.05 Å². The molecular weight excluding hydrogens is 249 g/mol. The first-order valence-electron chi connectivity index (χ1n) is 5.81. The third-order valence-electron chi connectivity index (χ3n) is 3.03. The van der Waals surface area contributed by atoms with E-state index in [2.05, 4.69) is 15.4 Å². The predicted molar refractivity (Wildman–Crippen MR) is 61.5 cm³/mol. The predicted octanol–water partition coefficient (Wildman–Crippen LogP) is 0.595. The van der Waals surface area contributed by atoms with Gasteiger partial charge in [0.2, 0.25) is 0 Å². The maximum absolute atomic E-state index is 12.6. The second-order valence-corrected chi connectivity index (χ2v) is 4.53. The van der Waals surface area contributed by atoms with Crippen LogP contribution in [0.4, 0.5) is 13.2 Å². The van der Waals surface area contributed by atoms with E-state index in [4.69, 9.17) is 10.9 Å². The molecule has 0 radical (unpaired) electrons. The van der Waals surface area contributed by atoms with Crippen molar-refractivity contribution in [1.29, 1.82) is 0 Å². The topological polar surface area (TPSA) is 73.9 Å². The summed E-state index contributed by atoms with van der Waals surface area (Å²) in [6, 6.07) is 0.578. The van der Waals surface area contributed by atoms with Crippen molar-refractivity contribution in [1.82, 2.24) is 10.2 Å². The van der Waals surface area contributed by atoms with Crippen LogP contribution in [0.3, 0.4) is 0 Å². The maximum atomic E-state index is 12.6. The number of alkyl halides is 3. The zero-order valence-electron chi connectivity index (χ0n) is 10.2. The SMILES string of the molecule is CN(CCNCC(C(N)=NO)C(F)(F)F)C1CC1.